The molecule has 0 saturated carbocycles. The first-order valence-corrected chi connectivity index (χ1v) is 40.0. The number of carbonyl (C=O) groups is 1. The molecule has 9 nitrogen and oxygen atoms in total. The molecule has 1 amide bonds. The van der Waals surface area contributed by atoms with Gasteiger partial charge >= 0.3 is 0 Å². The monoisotopic (exact) mass is 1280 g/mol. The topological polar surface area (TPSA) is 149 Å². The molecule has 1 aliphatic heterocycles. The first-order chi connectivity index (χ1) is 44.8. The summed E-state index contributed by atoms with van der Waals surface area (Å²) >= 11 is 0. The fourth-order valence-corrected chi connectivity index (χ4v) is 12.8. The molecular formula is C82H153NO8. The Morgan fingerprint density at radius 2 is 0.659 bits per heavy atom. The molecule has 1 saturated heterocycles. The van der Waals surface area contributed by atoms with Gasteiger partial charge in [0.2, 0.25) is 5.91 Å². The minimum Gasteiger partial charge on any atom is -0.394 e. The van der Waals surface area contributed by atoms with Crippen molar-refractivity contribution < 1.29 is 39.8 Å². The number of nitrogens with one attached hydrogen (secondary N) is 1. The van der Waals surface area contributed by atoms with Gasteiger partial charge in [0.25, 0.3) is 0 Å². The first kappa shape index (κ1) is 86.9. The number of rotatable bonds is 71. The average molecular weight is 1280 g/mol. The van der Waals surface area contributed by atoms with Crippen molar-refractivity contribution in [2.24, 2.45) is 0 Å². The van der Waals surface area contributed by atoms with Gasteiger partial charge in [-0.1, -0.05) is 383 Å². The first-order valence-electron chi connectivity index (χ1n) is 40.0. The van der Waals surface area contributed by atoms with Gasteiger partial charge in [0.1, 0.15) is 24.4 Å². The third kappa shape index (κ3) is 58.9. The predicted molar refractivity (Wildman–Crippen MR) is 392 cm³/mol. The summed E-state index contributed by atoms with van der Waals surface area (Å²) in [4.78, 5) is 13.2. The minimum atomic E-state index is -1.57. The standard InChI is InChI=1S/C82H153NO8/c1-3-5-7-9-11-13-15-17-19-21-23-25-27-29-31-33-35-36-37-38-39-40-42-44-46-48-50-52-54-56-58-60-62-64-66-68-70-72-78(86)83-75(74-90-82-81(89)80(88)79(87)77(73-84)91-82)76(85)71-69-67-65-63-61-59-57-55-53-51-49-47-45-43-41-34-32-30-28-26-24-22-20-18-16-14-12-10-8-6-4-2/h15,17,21,23,27,29,61,63,69,71,75-77,79-82,84-85,87-89H,3-14,16,18-20,22,24-26,28,30-60,62,64-68,70,72-74H2,1-2H3,(H,83,86)/b17-15-,23-21-,29-27-,63-61+,71-69+. The number of hydrogen-bond acceptors (Lipinski definition) is 8. The fourth-order valence-electron chi connectivity index (χ4n) is 12.8. The highest BCUT2D eigenvalue weighted by atomic mass is 16.7. The number of hydrogen-bond donors (Lipinski definition) is 6. The lowest BCUT2D eigenvalue weighted by Crippen LogP contribution is -2.60. The van der Waals surface area contributed by atoms with Gasteiger partial charge in [-0.3, -0.25) is 4.79 Å². The van der Waals surface area contributed by atoms with E-state index in [1.807, 2.05) is 6.08 Å². The molecular weight excluding hydrogens is 1130 g/mol. The van der Waals surface area contributed by atoms with E-state index in [0.29, 0.717) is 6.42 Å². The van der Waals surface area contributed by atoms with Crippen LogP contribution in [-0.2, 0) is 14.3 Å². The van der Waals surface area contributed by atoms with E-state index >= 15 is 0 Å². The predicted octanol–water partition coefficient (Wildman–Crippen LogP) is 22.9. The van der Waals surface area contributed by atoms with Crippen molar-refractivity contribution in [3.05, 3.63) is 60.8 Å². The molecule has 0 aromatic carbocycles. The van der Waals surface area contributed by atoms with Gasteiger partial charge in [0.05, 0.1) is 25.4 Å². The van der Waals surface area contributed by atoms with Crippen LogP contribution in [0.1, 0.15) is 399 Å². The third-order valence-corrected chi connectivity index (χ3v) is 19.1. The maximum Gasteiger partial charge on any atom is 0.220 e. The van der Waals surface area contributed by atoms with Crippen LogP contribution in [0.15, 0.2) is 60.8 Å². The molecule has 1 fully saturated rings. The zero-order valence-corrected chi connectivity index (χ0v) is 60.1. The largest absolute Gasteiger partial charge is 0.394 e. The van der Waals surface area contributed by atoms with Crippen LogP contribution < -0.4 is 5.32 Å². The van der Waals surface area contributed by atoms with Crippen LogP contribution in [0.4, 0.5) is 0 Å². The van der Waals surface area contributed by atoms with Gasteiger partial charge in [-0.05, 0) is 70.6 Å². The summed E-state index contributed by atoms with van der Waals surface area (Å²) in [5.41, 5.74) is 0. The number of amides is 1. The van der Waals surface area contributed by atoms with Gasteiger partial charge in [-0.25, -0.2) is 0 Å². The molecule has 0 radical (unpaired) electrons. The van der Waals surface area contributed by atoms with Crippen molar-refractivity contribution in [3.8, 4) is 0 Å². The van der Waals surface area contributed by atoms with Gasteiger partial charge in [0, 0.05) is 6.42 Å². The average Bonchev–Trinajstić information content (AvgIpc) is 1.70. The smallest absolute Gasteiger partial charge is 0.220 e. The molecule has 0 spiro atoms. The maximum atomic E-state index is 13.2. The van der Waals surface area contributed by atoms with E-state index in [2.05, 4.69) is 67.8 Å². The van der Waals surface area contributed by atoms with Crippen LogP contribution in [0.25, 0.3) is 0 Å². The molecule has 0 aromatic rings. The second kappa shape index (κ2) is 70.7. The molecule has 1 rings (SSSR count). The highest BCUT2D eigenvalue weighted by Crippen LogP contribution is 2.24. The number of ether oxygens (including phenoxy) is 2. The number of allylic oxidation sites excluding steroid dienone is 9. The fraction of sp³-hybridized carbons (Fsp3) is 0.866. The molecule has 534 valence electrons. The Morgan fingerprint density at radius 1 is 0.374 bits per heavy atom. The van der Waals surface area contributed by atoms with Crippen molar-refractivity contribution in [2.75, 3.05) is 13.2 Å². The van der Waals surface area contributed by atoms with Crippen molar-refractivity contribution in [2.45, 2.75) is 442 Å². The van der Waals surface area contributed by atoms with E-state index < -0.39 is 49.5 Å². The molecule has 7 atom stereocenters. The van der Waals surface area contributed by atoms with Crippen LogP contribution in [-0.4, -0.2) is 87.5 Å². The molecule has 0 bridgehead atoms. The summed E-state index contributed by atoms with van der Waals surface area (Å²) in [6.07, 6.45) is 92.3. The summed E-state index contributed by atoms with van der Waals surface area (Å²) in [5, 5.41) is 54.9. The Hall–Kier alpha value is -2.11. The van der Waals surface area contributed by atoms with Gasteiger partial charge < -0.3 is 40.3 Å². The van der Waals surface area contributed by atoms with E-state index in [-0.39, 0.29) is 12.5 Å². The van der Waals surface area contributed by atoms with Crippen molar-refractivity contribution >= 4 is 5.91 Å². The van der Waals surface area contributed by atoms with Crippen molar-refractivity contribution in [1.29, 1.82) is 0 Å². The van der Waals surface area contributed by atoms with Gasteiger partial charge in [-0.2, -0.15) is 0 Å². The van der Waals surface area contributed by atoms with Crippen LogP contribution in [0.2, 0.25) is 0 Å². The van der Waals surface area contributed by atoms with E-state index in [4.69, 9.17) is 9.47 Å². The van der Waals surface area contributed by atoms with Gasteiger partial charge in [-0.15, -0.1) is 0 Å². The van der Waals surface area contributed by atoms with E-state index in [1.54, 1.807) is 6.08 Å². The molecule has 0 aromatic heterocycles. The van der Waals surface area contributed by atoms with Crippen molar-refractivity contribution in [1.82, 2.24) is 5.32 Å². The highest BCUT2D eigenvalue weighted by molar-refractivity contribution is 5.76. The Balaban J connectivity index is 2.08. The van der Waals surface area contributed by atoms with Crippen LogP contribution in [0.5, 0.6) is 0 Å². The highest BCUT2D eigenvalue weighted by Gasteiger charge is 2.44. The lowest BCUT2D eigenvalue weighted by Gasteiger charge is -2.40. The lowest BCUT2D eigenvalue weighted by molar-refractivity contribution is -0.302. The number of aliphatic hydroxyl groups excluding tert-OH is 5. The number of unbranched alkanes of at least 4 members (excludes halogenated alkanes) is 53. The Morgan fingerprint density at radius 3 is 1.00 bits per heavy atom. The molecule has 91 heavy (non-hydrogen) atoms. The molecule has 7 unspecified atom stereocenters. The Labute approximate surface area is 564 Å². The Bertz CT molecular complexity index is 1630. The second-order valence-corrected chi connectivity index (χ2v) is 27.9. The lowest BCUT2D eigenvalue weighted by atomic mass is 9.99. The SMILES string of the molecule is CCCCCCC/C=C\C/C=C\C/C=C\CCCCCCCCCCCCCCCCCCCCCCCCC(=O)NC(COC1OC(CO)C(O)C(O)C1O)C(O)/C=C/CC/C=C/CCCCCCCCCCCCCCCCCCCCCCCCCCC. The van der Waals surface area contributed by atoms with Crippen LogP contribution in [0, 0.1) is 0 Å². The van der Waals surface area contributed by atoms with Gasteiger partial charge in [0.15, 0.2) is 6.29 Å². The summed E-state index contributed by atoms with van der Waals surface area (Å²) in [6.45, 7) is 3.81. The summed E-state index contributed by atoms with van der Waals surface area (Å²) in [5.74, 6) is -0.179. The zero-order chi connectivity index (χ0) is 65.7. The van der Waals surface area contributed by atoms with Crippen LogP contribution >= 0.6 is 0 Å². The van der Waals surface area contributed by atoms with E-state index in [1.165, 1.54) is 327 Å². The summed E-state index contributed by atoms with van der Waals surface area (Å²) in [7, 11) is 0. The normalized spacial score (nSPS) is 18.0. The molecule has 0 aliphatic carbocycles. The van der Waals surface area contributed by atoms with E-state index in [9.17, 15) is 30.3 Å². The van der Waals surface area contributed by atoms with Crippen molar-refractivity contribution in [3.63, 3.8) is 0 Å². The summed E-state index contributed by atoms with van der Waals surface area (Å²) in [6, 6.07) is -0.824. The molecule has 1 heterocycles. The zero-order valence-electron chi connectivity index (χ0n) is 60.1. The van der Waals surface area contributed by atoms with Crippen LogP contribution in [0.3, 0.4) is 0 Å². The molecule has 9 heteroatoms. The molecule has 1 aliphatic rings. The van der Waals surface area contributed by atoms with E-state index in [0.717, 1.165) is 51.4 Å². The molecule has 6 N–H and O–H groups in total. The third-order valence-electron chi connectivity index (χ3n) is 19.1. The maximum absolute atomic E-state index is 13.2. The quantitative estimate of drug-likeness (QED) is 0.0261. The summed E-state index contributed by atoms with van der Waals surface area (Å²) < 4.78 is 11.3. The minimum absolute atomic E-state index is 0.179. The number of aliphatic hydroxyl groups is 5. The Kier molecular flexibility index (Phi) is 67.5. The second-order valence-electron chi connectivity index (χ2n) is 27.9. The number of carbonyl (C=O) groups excluding carboxylic acids is 1.